The third-order valence-corrected chi connectivity index (χ3v) is 6.37. The molecule has 0 bridgehead atoms. The van der Waals surface area contributed by atoms with Gasteiger partial charge in [-0.2, -0.15) is 0 Å². The van der Waals surface area contributed by atoms with E-state index in [1.807, 2.05) is 50.2 Å². The van der Waals surface area contributed by atoms with E-state index in [0.29, 0.717) is 12.1 Å². The minimum atomic E-state index is -3.45. The first-order valence-corrected chi connectivity index (χ1v) is 9.93. The van der Waals surface area contributed by atoms with Crippen molar-refractivity contribution < 1.29 is 13.2 Å². The molecule has 1 aliphatic heterocycles. The quantitative estimate of drug-likeness (QED) is 0.893. The van der Waals surface area contributed by atoms with Crippen molar-refractivity contribution in [2.24, 2.45) is 0 Å². The molecule has 0 radical (unpaired) electrons. The molecular formula is C19H22N2O3S. The zero-order chi connectivity index (χ0) is 18.0. The molecule has 0 saturated heterocycles. The van der Waals surface area contributed by atoms with Crippen molar-refractivity contribution in [3.63, 3.8) is 0 Å². The van der Waals surface area contributed by atoms with Crippen LogP contribution in [0.2, 0.25) is 0 Å². The fourth-order valence-corrected chi connectivity index (χ4v) is 4.41. The number of nitrogens with zero attached hydrogens (tertiary/aromatic N) is 1. The number of carbonyl (C=O) groups is 1. The smallest absolute Gasteiger partial charge is 0.251 e. The molecule has 5 nitrogen and oxygen atoms in total. The number of carbonyl (C=O) groups excluding carboxylic acids is 1. The zero-order valence-electron chi connectivity index (χ0n) is 14.5. The predicted molar refractivity (Wildman–Crippen MR) is 99.5 cm³/mol. The van der Waals surface area contributed by atoms with Gasteiger partial charge in [-0.3, -0.25) is 9.10 Å². The Hall–Kier alpha value is -2.34. The van der Waals surface area contributed by atoms with Gasteiger partial charge >= 0.3 is 0 Å². The number of nitrogens with one attached hydrogen (secondary N) is 1. The molecule has 132 valence electrons. The Morgan fingerprint density at radius 2 is 1.88 bits per heavy atom. The summed E-state index contributed by atoms with van der Waals surface area (Å²) in [6, 6.07) is 13.0. The highest BCUT2D eigenvalue weighted by Crippen LogP contribution is 2.29. The molecule has 0 aromatic heterocycles. The highest BCUT2D eigenvalue weighted by molar-refractivity contribution is 7.92. The first kappa shape index (κ1) is 17.5. The van der Waals surface area contributed by atoms with Crippen molar-refractivity contribution in [3.05, 3.63) is 64.7 Å². The van der Waals surface area contributed by atoms with Crippen LogP contribution in [0.3, 0.4) is 0 Å². The molecule has 0 spiro atoms. The lowest BCUT2D eigenvalue weighted by Crippen LogP contribution is -2.37. The van der Waals surface area contributed by atoms with E-state index < -0.39 is 10.0 Å². The van der Waals surface area contributed by atoms with Crippen LogP contribution in [0, 0.1) is 13.8 Å². The Morgan fingerprint density at radius 1 is 1.12 bits per heavy atom. The van der Waals surface area contributed by atoms with Crippen molar-refractivity contribution >= 4 is 21.6 Å². The lowest BCUT2D eigenvalue weighted by Gasteiger charge is -2.19. The van der Waals surface area contributed by atoms with Crippen LogP contribution in [0.4, 0.5) is 5.69 Å². The van der Waals surface area contributed by atoms with Gasteiger partial charge in [0, 0.05) is 18.7 Å². The van der Waals surface area contributed by atoms with Gasteiger partial charge in [0.2, 0.25) is 10.0 Å². The number of aryl methyl sites for hydroxylation is 2. The summed E-state index contributed by atoms with van der Waals surface area (Å²) < 4.78 is 26.6. The van der Waals surface area contributed by atoms with Crippen LogP contribution in [0.5, 0.6) is 0 Å². The van der Waals surface area contributed by atoms with Crippen LogP contribution in [0.25, 0.3) is 0 Å². The van der Waals surface area contributed by atoms with Crippen LogP contribution < -0.4 is 9.62 Å². The van der Waals surface area contributed by atoms with Gasteiger partial charge in [-0.1, -0.05) is 24.3 Å². The number of sulfonamides is 1. The lowest BCUT2D eigenvalue weighted by molar-refractivity contribution is 0.0956. The molecule has 25 heavy (non-hydrogen) atoms. The lowest BCUT2D eigenvalue weighted by atomic mass is 10.1. The second kappa shape index (κ2) is 6.88. The molecule has 0 aliphatic carbocycles. The fourth-order valence-electron chi connectivity index (χ4n) is 2.99. The molecule has 0 fully saturated rings. The first-order valence-electron chi connectivity index (χ1n) is 8.32. The Morgan fingerprint density at radius 3 is 2.64 bits per heavy atom. The second-order valence-electron chi connectivity index (χ2n) is 6.32. The molecule has 0 atom stereocenters. The maximum absolute atomic E-state index is 12.6. The standard InChI is InChI=1S/C19H22N2O3S/c1-14-7-8-17(13-15(14)2)19(22)20-10-12-25(23,24)21-11-9-16-5-3-4-6-18(16)21/h3-8,13H,9-12H2,1-2H3,(H,20,22). The molecule has 1 N–H and O–H groups in total. The topological polar surface area (TPSA) is 66.5 Å². The van der Waals surface area contributed by atoms with Crippen LogP contribution in [0.15, 0.2) is 42.5 Å². The van der Waals surface area contributed by atoms with Gasteiger partial charge in [-0.05, 0) is 55.2 Å². The average molecular weight is 358 g/mol. The summed E-state index contributed by atoms with van der Waals surface area (Å²) in [6.07, 6.45) is 0.727. The molecule has 3 rings (SSSR count). The van der Waals surface area contributed by atoms with Crippen LogP contribution in [-0.4, -0.2) is 33.2 Å². The van der Waals surface area contributed by atoms with Gasteiger partial charge in [0.05, 0.1) is 11.4 Å². The minimum Gasteiger partial charge on any atom is -0.351 e. The van der Waals surface area contributed by atoms with Crippen molar-refractivity contribution in [1.29, 1.82) is 0 Å². The number of hydrogen-bond donors (Lipinski definition) is 1. The number of benzene rings is 2. The fraction of sp³-hybridized carbons (Fsp3) is 0.316. The maximum atomic E-state index is 12.6. The molecule has 0 saturated carbocycles. The number of amides is 1. The summed E-state index contributed by atoms with van der Waals surface area (Å²) >= 11 is 0. The largest absolute Gasteiger partial charge is 0.351 e. The maximum Gasteiger partial charge on any atom is 0.251 e. The Bertz CT molecular complexity index is 907. The molecular weight excluding hydrogens is 336 g/mol. The normalized spacial score (nSPS) is 13.6. The average Bonchev–Trinajstić information content (AvgIpc) is 3.02. The monoisotopic (exact) mass is 358 g/mol. The van der Waals surface area contributed by atoms with E-state index >= 15 is 0 Å². The van der Waals surface area contributed by atoms with E-state index in [9.17, 15) is 13.2 Å². The summed E-state index contributed by atoms with van der Waals surface area (Å²) in [4.78, 5) is 12.2. The van der Waals surface area contributed by atoms with Gasteiger partial charge in [-0.25, -0.2) is 8.42 Å². The van der Waals surface area contributed by atoms with Crippen molar-refractivity contribution in [2.45, 2.75) is 20.3 Å². The first-order chi connectivity index (χ1) is 11.9. The highest BCUT2D eigenvalue weighted by Gasteiger charge is 2.28. The Balaban J connectivity index is 1.61. The Kier molecular flexibility index (Phi) is 4.81. The van der Waals surface area contributed by atoms with E-state index in [2.05, 4.69) is 5.32 Å². The molecule has 1 aliphatic rings. The number of fused-ring (bicyclic) bond motifs is 1. The molecule has 1 amide bonds. The van der Waals surface area contributed by atoms with E-state index in [-0.39, 0.29) is 18.2 Å². The van der Waals surface area contributed by atoms with Gasteiger partial charge in [0.25, 0.3) is 5.91 Å². The summed E-state index contributed by atoms with van der Waals surface area (Å²) in [5.41, 5.74) is 4.50. The van der Waals surface area contributed by atoms with Crippen LogP contribution in [-0.2, 0) is 16.4 Å². The SMILES string of the molecule is Cc1ccc(C(=O)NCCS(=O)(=O)N2CCc3ccccc32)cc1C. The van der Waals surface area contributed by atoms with E-state index in [0.717, 1.165) is 28.8 Å². The van der Waals surface area contributed by atoms with Gasteiger partial charge in [-0.15, -0.1) is 0 Å². The van der Waals surface area contributed by atoms with Crippen molar-refractivity contribution in [2.75, 3.05) is 23.1 Å². The summed E-state index contributed by atoms with van der Waals surface area (Å²) in [6.45, 7) is 4.48. The molecule has 2 aromatic carbocycles. The molecule has 6 heteroatoms. The summed E-state index contributed by atoms with van der Waals surface area (Å²) in [5, 5.41) is 2.70. The number of anilines is 1. The van der Waals surface area contributed by atoms with Gasteiger partial charge in [0.1, 0.15) is 0 Å². The van der Waals surface area contributed by atoms with E-state index in [1.54, 1.807) is 6.07 Å². The zero-order valence-corrected chi connectivity index (χ0v) is 15.3. The third kappa shape index (κ3) is 3.69. The van der Waals surface area contributed by atoms with Crippen LogP contribution >= 0.6 is 0 Å². The van der Waals surface area contributed by atoms with Crippen molar-refractivity contribution in [1.82, 2.24) is 5.32 Å². The number of para-hydroxylation sites is 1. The van der Waals surface area contributed by atoms with E-state index in [1.165, 1.54) is 4.31 Å². The predicted octanol–water partition coefficient (Wildman–Crippen LogP) is 2.43. The van der Waals surface area contributed by atoms with Crippen LogP contribution in [0.1, 0.15) is 27.0 Å². The molecule has 0 unspecified atom stereocenters. The summed E-state index contributed by atoms with van der Waals surface area (Å²) in [7, 11) is -3.45. The second-order valence-corrected chi connectivity index (χ2v) is 8.33. The number of rotatable bonds is 5. The molecule has 2 aromatic rings. The third-order valence-electron chi connectivity index (χ3n) is 4.59. The summed E-state index contributed by atoms with van der Waals surface area (Å²) in [5.74, 6) is -0.363. The number of hydrogen-bond acceptors (Lipinski definition) is 3. The van der Waals surface area contributed by atoms with E-state index in [4.69, 9.17) is 0 Å². The highest BCUT2D eigenvalue weighted by atomic mass is 32.2. The molecule has 1 heterocycles. The van der Waals surface area contributed by atoms with Crippen molar-refractivity contribution in [3.8, 4) is 0 Å². The minimum absolute atomic E-state index is 0.0900. The Labute approximate surface area is 148 Å². The van der Waals surface area contributed by atoms with Gasteiger partial charge < -0.3 is 5.32 Å². The van der Waals surface area contributed by atoms with Gasteiger partial charge in [0.15, 0.2) is 0 Å².